The van der Waals surface area contributed by atoms with Crippen LogP contribution in [0.4, 0.5) is 0 Å². The molecule has 0 aliphatic carbocycles. The van der Waals surface area contributed by atoms with Gasteiger partial charge < -0.3 is 14.3 Å². The van der Waals surface area contributed by atoms with E-state index in [0.717, 1.165) is 39.9 Å². The van der Waals surface area contributed by atoms with Crippen LogP contribution in [0.25, 0.3) is 0 Å². The van der Waals surface area contributed by atoms with Crippen molar-refractivity contribution in [3.05, 3.63) is 45.4 Å². The first-order valence-electron chi connectivity index (χ1n) is 9.06. The third-order valence-corrected chi connectivity index (χ3v) is 5.10. The first-order chi connectivity index (χ1) is 13.3. The number of oxime groups is 1. The van der Waals surface area contributed by atoms with E-state index in [0.29, 0.717) is 17.2 Å². The fraction of sp³-hybridized carbons (Fsp3) is 0.429. The van der Waals surface area contributed by atoms with Crippen LogP contribution in [-0.4, -0.2) is 35.9 Å². The molecule has 0 bridgehead atoms. The second-order valence-corrected chi connectivity index (χ2v) is 6.52. The molecule has 150 valence electrons. The van der Waals surface area contributed by atoms with Crippen LogP contribution >= 0.6 is 0 Å². The number of carbonyl (C=O) groups excluding carboxylic acids is 1. The lowest BCUT2D eigenvalue weighted by atomic mass is 9.91. The molecule has 0 amide bonds. The number of aromatic nitrogens is 2. The number of methoxy groups -OCH3 is 1. The highest BCUT2D eigenvalue weighted by molar-refractivity contribution is 6.44. The molecule has 2 rings (SSSR count). The summed E-state index contributed by atoms with van der Waals surface area (Å²) in [5.41, 5.74) is 6.21. The van der Waals surface area contributed by atoms with Gasteiger partial charge in [0.1, 0.15) is 19.2 Å². The molecule has 7 nitrogen and oxygen atoms in total. The number of esters is 1. The number of hydrogen-bond acceptors (Lipinski definition) is 7. The summed E-state index contributed by atoms with van der Waals surface area (Å²) in [7, 11) is 2.69. The fourth-order valence-corrected chi connectivity index (χ4v) is 3.09. The van der Waals surface area contributed by atoms with E-state index < -0.39 is 5.97 Å². The van der Waals surface area contributed by atoms with E-state index in [1.807, 2.05) is 41.5 Å². The summed E-state index contributed by atoms with van der Waals surface area (Å²) in [6.45, 7) is 11.8. The number of benzene rings is 1. The Hall–Kier alpha value is -2.96. The molecule has 0 atom stereocenters. The molecule has 0 N–H and O–H groups in total. The number of carbonyl (C=O) groups is 1. The maximum absolute atomic E-state index is 12.4. The summed E-state index contributed by atoms with van der Waals surface area (Å²) in [4.78, 5) is 25.9. The first kappa shape index (κ1) is 21.3. The summed E-state index contributed by atoms with van der Waals surface area (Å²) in [6.07, 6.45) is 2.25. The minimum absolute atomic E-state index is 0.0473. The predicted molar refractivity (Wildman–Crippen MR) is 107 cm³/mol. The van der Waals surface area contributed by atoms with Gasteiger partial charge in [0.05, 0.1) is 18.4 Å². The molecular weight excluding hydrogens is 358 g/mol. The highest BCUT2D eigenvalue weighted by Gasteiger charge is 2.27. The van der Waals surface area contributed by atoms with Crippen molar-refractivity contribution in [3.63, 3.8) is 0 Å². The zero-order valence-corrected chi connectivity index (χ0v) is 17.8. The Morgan fingerprint density at radius 3 is 2.18 bits per heavy atom. The van der Waals surface area contributed by atoms with Crippen molar-refractivity contribution in [1.82, 2.24) is 9.97 Å². The van der Waals surface area contributed by atoms with Crippen molar-refractivity contribution < 1.29 is 19.1 Å². The average Bonchev–Trinajstić information content (AvgIpc) is 2.70. The molecule has 1 aromatic heterocycles. The third-order valence-electron chi connectivity index (χ3n) is 5.10. The molecule has 0 saturated heterocycles. The Kier molecular flexibility index (Phi) is 6.72. The molecular formula is C21H27N3O4. The SMILES string of the molecule is CCc1ncnc(Oc2c(C)c(C)c(C)c(C)c2C(=NOC)C(=O)OC)c1C. The zero-order valence-electron chi connectivity index (χ0n) is 17.8. The number of hydrogen-bond donors (Lipinski definition) is 0. The average molecular weight is 385 g/mol. The number of aryl methyl sites for hydroxylation is 1. The van der Waals surface area contributed by atoms with Crippen LogP contribution in [0.15, 0.2) is 11.5 Å². The van der Waals surface area contributed by atoms with E-state index in [1.165, 1.54) is 20.5 Å². The van der Waals surface area contributed by atoms with E-state index in [-0.39, 0.29) is 5.71 Å². The summed E-state index contributed by atoms with van der Waals surface area (Å²) in [5, 5.41) is 3.93. The van der Waals surface area contributed by atoms with Gasteiger partial charge in [0.2, 0.25) is 5.88 Å². The van der Waals surface area contributed by atoms with Crippen LogP contribution in [0.2, 0.25) is 0 Å². The Morgan fingerprint density at radius 1 is 0.964 bits per heavy atom. The second kappa shape index (κ2) is 8.82. The van der Waals surface area contributed by atoms with Crippen LogP contribution in [0.3, 0.4) is 0 Å². The van der Waals surface area contributed by atoms with E-state index >= 15 is 0 Å². The lowest BCUT2D eigenvalue weighted by Gasteiger charge is -2.21. The summed E-state index contributed by atoms with van der Waals surface area (Å²) in [6, 6.07) is 0. The first-order valence-corrected chi connectivity index (χ1v) is 9.06. The van der Waals surface area contributed by atoms with Crippen LogP contribution in [0, 0.1) is 34.6 Å². The van der Waals surface area contributed by atoms with Crippen LogP contribution in [0.5, 0.6) is 11.6 Å². The van der Waals surface area contributed by atoms with Gasteiger partial charge in [0, 0.05) is 5.56 Å². The third kappa shape index (κ3) is 3.83. The molecule has 0 spiro atoms. The summed E-state index contributed by atoms with van der Waals surface area (Å²) in [5.74, 6) is 0.345. The smallest absolute Gasteiger partial charge is 0.360 e. The lowest BCUT2D eigenvalue weighted by molar-refractivity contribution is -0.132. The number of rotatable bonds is 6. The van der Waals surface area contributed by atoms with E-state index in [4.69, 9.17) is 14.3 Å². The van der Waals surface area contributed by atoms with Crippen molar-refractivity contribution in [2.75, 3.05) is 14.2 Å². The molecule has 2 aromatic rings. The van der Waals surface area contributed by atoms with E-state index in [9.17, 15) is 4.79 Å². The number of ether oxygens (including phenoxy) is 2. The monoisotopic (exact) mass is 385 g/mol. The lowest BCUT2D eigenvalue weighted by Crippen LogP contribution is -2.21. The van der Waals surface area contributed by atoms with Gasteiger partial charge in [-0.1, -0.05) is 12.1 Å². The fourth-order valence-electron chi connectivity index (χ4n) is 3.09. The minimum Gasteiger partial charge on any atom is -0.464 e. The molecule has 0 aliphatic rings. The maximum Gasteiger partial charge on any atom is 0.360 e. The van der Waals surface area contributed by atoms with Crippen molar-refractivity contribution in [1.29, 1.82) is 0 Å². The highest BCUT2D eigenvalue weighted by atomic mass is 16.6. The molecule has 0 aliphatic heterocycles. The minimum atomic E-state index is -0.605. The molecule has 0 radical (unpaired) electrons. The largest absolute Gasteiger partial charge is 0.464 e. The summed E-state index contributed by atoms with van der Waals surface area (Å²) < 4.78 is 11.2. The van der Waals surface area contributed by atoms with Gasteiger partial charge in [0.25, 0.3) is 0 Å². The molecule has 28 heavy (non-hydrogen) atoms. The van der Waals surface area contributed by atoms with E-state index in [1.54, 1.807) is 0 Å². The van der Waals surface area contributed by atoms with Crippen LogP contribution in [-0.2, 0) is 20.8 Å². The Morgan fingerprint density at radius 2 is 1.61 bits per heavy atom. The standard InChI is InChI=1S/C21H27N3O4/c1-9-16-15(6)20(23-10-22-16)28-19-14(5)12(3)11(2)13(4)17(19)18(24-27-8)21(25)26-7/h10H,9H2,1-8H3. The molecule has 0 fully saturated rings. The van der Waals surface area contributed by atoms with Gasteiger partial charge >= 0.3 is 5.97 Å². The molecule has 7 heteroatoms. The van der Waals surface area contributed by atoms with Gasteiger partial charge in [-0.25, -0.2) is 14.8 Å². The van der Waals surface area contributed by atoms with Crippen molar-refractivity contribution >= 4 is 11.7 Å². The molecule has 1 heterocycles. The highest BCUT2D eigenvalue weighted by Crippen LogP contribution is 2.37. The number of nitrogens with zero attached hydrogens (tertiary/aromatic N) is 3. The van der Waals surface area contributed by atoms with E-state index in [2.05, 4.69) is 15.1 Å². The maximum atomic E-state index is 12.4. The molecule has 0 unspecified atom stereocenters. The van der Waals surface area contributed by atoms with Crippen molar-refractivity contribution in [3.8, 4) is 11.6 Å². The summed E-state index contributed by atoms with van der Waals surface area (Å²) >= 11 is 0. The van der Waals surface area contributed by atoms with Crippen LogP contribution < -0.4 is 4.74 Å². The van der Waals surface area contributed by atoms with Gasteiger partial charge in [-0.15, -0.1) is 0 Å². The second-order valence-electron chi connectivity index (χ2n) is 6.52. The van der Waals surface area contributed by atoms with Gasteiger partial charge in [-0.05, 0) is 63.3 Å². The normalized spacial score (nSPS) is 11.4. The molecule has 1 aromatic carbocycles. The van der Waals surface area contributed by atoms with Crippen LogP contribution in [0.1, 0.15) is 46.0 Å². The van der Waals surface area contributed by atoms with Gasteiger partial charge in [-0.2, -0.15) is 0 Å². The Labute approximate surface area is 165 Å². The van der Waals surface area contributed by atoms with Gasteiger partial charge in [-0.3, -0.25) is 0 Å². The van der Waals surface area contributed by atoms with Crippen molar-refractivity contribution in [2.24, 2.45) is 5.16 Å². The quantitative estimate of drug-likeness (QED) is 0.426. The van der Waals surface area contributed by atoms with Gasteiger partial charge in [0.15, 0.2) is 5.71 Å². The Bertz CT molecular complexity index is 936. The molecule has 0 saturated carbocycles. The van der Waals surface area contributed by atoms with Crippen molar-refractivity contribution in [2.45, 2.75) is 48.0 Å². The predicted octanol–water partition coefficient (Wildman–Crippen LogP) is 3.90. The topological polar surface area (TPSA) is 82.9 Å². The zero-order chi connectivity index (χ0) is 21.0. The Balaban J connectivity index is 2.80.